The van der Waals surface area contributed by atoms with Gasteiger partial charge in [0.15, 0.2) is 0 Å². The van der Waals surface area contributed by atoms with Crippen molar-refractivity contribution in [2.75, 3.05) is 17.3 Å². The molecule has 0 spiro atoms. The highest BCUT2D eigenvalue weighted by Gasteiger charge is 2.24. The van der Waals surface area contributed by atoms with Gasteiger partial charge in [0.1, 0.15) is 6.33 Å². The summed E-state index contributed by atoms with van der Waals surface area (Å²) >= 11 is 0. The van der Waals surface area contributed by atoms with Crippen LogP contribution in [0.15, 0.2) is 30.6 Å². The van der Waals surface area contributed by atoms with E-state index in [1.54, 1.807) is 31.2 Å². The summed E-state index contributed by atoms with van der Waals surface area (Å²) in [6.45, 7) is 7.71. The Morgan fingerprint density at radius 1 is 1.19 bits per heavy atom. The first-order valence-electron chi connectivity index (χ1n) is 8.28. The lowest BCUT2D eigenvalue weighted by molar-refractivity contribution is -0.383. The number of aromatic nitrogens is 2. The minimum absolute atomic E-state index is 0.0251. The number of carbonyl (C=O) groups excluding carboxylic acids is 1. The second kappa shape index (κ2) is 8.41. The number of rotatable bonds is 7. The molecule has 0 fully saturated rings. The van der Waals surface area contributed by atoms with E-state index in [-0.39, 0.29) is 29.5 Å². The Labute approximate surface area is 156 Å². The predicted octanol–water partition coefficient (Wildman–Crippen LogP) is 3.02. The van der Waals surface area contributed by atoms with Crippen LogP contribution in [0.25, 0.3) is 0 Å². The number of hydrogen-bond acceptors (Lipinski definition) is 9. The van der Waals surface area contributed by atoms with Gasteiger partial charge in [-0.3, -0.25) is 15.5 Å². The van der Waals surface area contributed by atoms with Crippen molar-refractivity contribution in [1.82, 2.24) is 15.4 Å². The monoisotopic (exact) mass is 374 g/mol. The molecular weight excluding hydrogens is 352 g/mol. The summed E-state index contributed by atoms with van der Waals surface area (Å²) in [5.74, 6) is -0.371. The second-order valence-corrected chi connectivity index (χ2v) is 6.60. The molecule has 0 aliphatic carbocycles. The Morgan fingerprint density at radius 2 is 1.81 bits per heavy atom. The Kier molecular flexibility index (Phi) is 6.24. The third-order valence-corrected chi connectivity index (χ3v) is 3.22. The molecule has 10 heteroatoms. The Hall–Kier alpha value is -3.27. The van der Waals surface area contributed by atoms with Gasteiger partial charge in [-0.15, -0.1) is 0 Å². The predicted molar refractivity (Wildman–Crippen MR) is 101 cm³/mol. The molecular formula is C17H22N6O4. The fourth-order valence-corrected chi connectivity index (χ4v) is 2.02. The number of ether oxygens (including phenoxy) is 1. The summed E-state index contributed by atoms with van der Waals surface area (Å²) < 4.78 is 4.92. The van der Waals surface area contributed by atoms with E-state index in [0.29, 0.717) is 11.3 Å². The molecule has 10 nitrogen and oxygen atoms in total. The van der Waals surface area contributed by atoms with Gasteiger partial charge in [-0.1, -0.05) is 0 Å². The Bertz CT molecular complexity index is 817. The number of nitrogens with one attached hydrogen (secondary N) is 3. The van der Waals surface area contributed by atoms with Crippen molar-refractivity contribution in [2.45, 2.75) is 33.2 Å². The lowest BCUT2D eigenvalue weighted by atomic mass is 10.1. The summed E-state index contributed by atoms with van der Waals surface area (Å²) in [5, 5.41) is 14.4. The van der Waals surface area contributed by atoms with Gasteiger partial charge in [0.05, 0.1) is 17.1 Å². The zero-order chi connectivity index (χ0) is 20.0. The molecule has 27 heavy (non-hydrogen) atoms. The maximum absolute atomic E-state index is 11.7. The first kappa shape index (κ1) is 20.0. The van der Waals surface area contributed by atoms with Crippen LogP contribution in [0.4, 0.5) is 23.0 Å². The topological polar surface area (TPSA) is 131 Å². The summed E-state index contributed by atoms with van der Waals surface area (Å²) in [7, 11) is 0. The first-order chi connectivity index (χ1) is 12.7. The van der Waals surface area contributed by atoms with Gasteiger partial charge in [0, 0.05) is 11.2 Å². The molecule has 0 saturated heterocycles. The van der Waals surface area contributed by atoms with E-state index in [1.807, 2.05) is 20.8 Å². The van der Waals surface area contributed by atoms with E-state index in [2.05, 4.69) is 26.1 Å². The quantitative estimate of drug-likeness (QED) is 0.380. The summed E-state index contributed by atoms with van der Waals surface area (Å²) in [6.07, 6.45) is 1.22. The van der Waals surface area contributed by atoms with E-state index in [1.165, 1.54) is 6.33 Å². The van der Waals surface area contributed by atoms with Crippen molar-refractivity contribution >= 4 is 29.0 Å². The molecule has 2 aromatic rings. The van der Waals surface area contributed by atoms with Crippen molar-refractivity contribution in [3.63, 3.8) is 0 Å². The molecule has 3 N–H and O–H groups in total. The maximum atomic E-state index is 11.7. The largest absolute Gasteiger partial charge is 0.462 e. The fraction of sp³-hybridized carbons (Fsp3) is 0.353. The molecule has 0 unspecified atom stereocenters. The number of benzene rings is 1. The zero-order valence-corrected chi connectivity index (χ0v) is 15.6. The normalized spacial score (nSPS) is 11.0. The zero-order valence-electron chi connectivity index (χ0n) is 15.6. The van der Waals surface area contributed by atoms with Gasteiger partial charge in [-0.25, -0.2) is 20.2 Å². The standard InChI is InChI=1S/C17H22N6O4/c1-5-27-16(24)11-6-8-12(9-7-11)20-14-13(23(25)26)15(19-10-18-14)21-22-17(2,3)4/h6-10,22H,5H2,1-4H3,(H2,18,19,20,21). The van der Waals surface area contributed by atoms with Crippen molar-refractivity contribution < 1.29 is 14.5 Å². The van der Waals surface area contributed by atoms with Crippen LogP contribution in [-0.2, 0) is 4.74 Å². The third kappa shape index (κ3) is 5.61. The molecule has 0 saturated carbocycles. The van der Waals surface area contributed by atoms with E-state index in [0.717, 1.165) is 0 Å². The number of hydrogen-bond donors (Lipinski definition) is 3. The average Bonchev–Trinajstić information content (AvgIpc) is 2.60. The van der Waals surface area contributed by atoms with Crippen LogP contribution in [-0.4, -0.2) is 33.0 Å². The molecule has 144 valence electrons. The molecule has 1 aromatic carbocycles. The molecule has 0 aliphatic rings. The Balaban J connectivity index is 2.25. The molecule has 0 amide bonds. The first-order valence-corrected chi connectivity index (χ1v) is 8.28. The van der Waals surface area contributed by atoms with Crippen LogP contribution in [0, 0.1) is 10.1 Å². The Morgan fingerprint density at radius 3 is 2.37 bits per heavy atom. The van der Waals surface area contributed by atoms with Crippen LogP contribution in [0.5, 0.6) is 0 Å². The second-order valence-electron chi connectivity index (χ2n) is 6.60. The lowest BCUT2D eigenvalue weighted by Crippen LogP contribution is -2.40. The van der Waals surface area contributed by atoms with Gasteiger partial charge < -0.3 is 10.1 Å². The number of anilines is 3. The number of nitro groups is 1. The van der Waals surface area contributed by atoms with E-state index in [9.17, 15) is 14.9 Å². The molecule has 0 atom stereocenters. The highest BCUT2D eigenvalue weighted by Crippen LogP contribution is 2.31. The van der Waals surface area contributed by atoms with Crippen molar-refractivity contribution in [3.05, 3.63) is 46.3 Å². The van der Waals surface area contributed by atoms with E-state index < -0.39 is 10.9 Å². The van der Waals surface area contributed by atoms with Crippen LogP contribution in [0.2, 0.25) is 0 Å². The van der Waals surface area contributed by atoms with Crippen LogP contribution < -0.4 is 16.2 Å². The number of carbonyl (C=O) groups is 1. The van der Waals surface area contributed by atoms with E-state index in [4.69, 9.17) is 4.74 Å². The third-order valence-electron chi connectivity index (χ3n) is 3.22. The van der Waals surface area contributed by atoms with Crippen LogP contribution in [0.1, 0.15) is 38.1 Å². The summed E-state index contributed by atoms with van der Waals surface area (Å²) in [4.78, 5) is 30.5. The van der Waals surface area contributed by atoms with Crippen molar-refractivity contribution in [3.8, 4) is 0 Å². The highest BCUT2D eigenvalue weighted by atomic mass is 16.6. The molecule has 0 radical (unpaired) electrons. The van der Waals surface area contributed by atoms with Gasteiger partial charge >= 0.3 is 11.7 Å². The molecule has 1 aromatic heterocycles. The molecule has 0 aliphatic heterocycles. The summed E-state index contributed by atoms with van der Waals surface area (Å²) in [5.41, 5.74) is 5.97. The maximum Gasteiger partial charge on any atom is 0.354 e. The summed E-state index contributed by atoms with van der Waals surface area (Å²) in [6, 6.07) is 6.35. The molecule has 1 heterocycles. The lowest BCUT2D eigenvalue weighted by Gasteiger charge is -2.21. The van der Waals surface area contributed by atoms with Gasteiger partial charge in [-0.05, 0) is 52.0 Å². The van der Waals surface area contributed by atoms with Gasteiger partial charge in [0.25, 0.3) is 0 Å². The van der Waals surface area contributed by atoms with E-state index >= 15 is 0 Å². The minimum Gasteiger partial charge on any atom is -0.462 e. The smallest absolute Gasteiger partial charge is 0.354 e. The number of nitrogens with zero attached hydrogens (tertiary/aromatic N) is 3. The molecule has 0 bridgehead atoms. The fourth-order valence-electron chi connectivity index (χ4n) is 2.02. The van der Waals surface area contributed by atoms with Crippen LogP contribution >= 0.6 is 0 Å². The average molecular weight is 374 g/mol. The molecule has 2 rings (SSSR count). The van der Waals surface area contributed by atoms with Gasteiger partial charge in [-0.2, -0.15) is 0 Å². The van der Waals surface area contributed by atoms with Crippen molar-refractivity contribution in [2.24, 2.45) is 0 Å². The minimum atomic E-state index is -0.567. The van der Waals surface area contributed by atoms with Crippen molar-refractivity contribution in [1.29, 1.82) is 0 Å². The van der Waals surface area contributed by atoms with Gasteiger partial charge in [0.2, 0.25) is 11.6 Å². The highest BCUT2D eigenvalue weighted by molar-refractivity contribution is 5.90. The number of hydrazine groups is 1. The van der Waals surface area contributed by atoms with Crippen LogP contribution in [0.3, 0.4) is 0 Å². The number of esters is 1. The SMILES string of the molecule is CCOC(=O)c1ccc(Nc2ncnc(NNC(C)(C)C)c2[N+](=O)[O-])cc1.